The Morgan fingerprint density at radius 1 is 0.536 bits per heavy atom. The van der Waals surface area contributed by atoms with Crippen LogP contribution in [0.3, 0.4) is 0 Å². The maximum absolute atomic E-state index is 14.7. The Bertz CT molecular complexity index is 2070. The number of carbonyl (C=O) groups is 4. The van der Waals surface area contributed by atoms with Gasteiger partial charge in [-0.2, -0.15) is 0 Å². The molecule has 3 N–H and O–H groups in total. The number of ketones is 1. The number of carbonyl (C=O) groups excluding carboxylic acids is 4. The molecule has 7 unspecified atom stereocenters. The van der Waals surface area contributed by atoms with Crippen LogP contribution in [0.4, 0.5) is 4.79 Å². The lowest BCUT2D eigenvalue weighted by molar-refractivity contribution is -0.282. The van der Waals surface area contributed by atoms with Crippen molar-refractivity contribution in [2.75, 3.05) is 60.5 Å². The molecule has 0 spiro atoms. The molecule has 97 heavy (non-hydrogen) atoms. The lowest BCUT2D eigenvalue weighted by Crippen LogP contribution is -2.67. The van der Waals surface area contributed by atoms with Crippen molar-refractivity contribution >= 4 is 31.6 Å². The summed E-state index contributed by atoms with van der Waals surface area (Å²) in [4.78, 5) is 55.6. The van der Waals surface area contributed by atoms with Gasteiger partial charge in [-0.1, -0.05) is 244 Å². The lowest BCUT2D eigenvalue weighted by Gasteiger charge is -2.48. The van der Waals surface area contributed by atoms with Crippen molar-refractivity contribution in [1.82, 2.24) is 10.6 Å². The van der Waals surface area contributed by atoms with E-state index in [1.807, 2.05) is 0 Å². The second-order valence-electron chi connectivity index (χ2n) is 26.8. The van der Waals surface area contributed by atoms with Gasteiger partial charge in [-0.15, -0.1) is 13.2 Å². The van der Waals surface area contributed by atoms with Gasteiger partial charge in [0.15, 0.2) is 6.29 Å². The number of ether oxygens (including phenoxy) is 8. The average molecular weight is 1400 g/mol. The van der Waals surface area contributed by atoms with E-state index >= 15 is 0 Å². The summed E-state index contributed by atoms with van der Waals surface area (Å²) in [5.74, 6) is -1.93. The molecule has 564 valence electrons. The van der Waals surface area contributed by atoms with Gasteiger partial charge >= 0.3 is 14.0 Å². The molecule has 1 aliphatic carbocycles. The zero-order chi connectivity index (χ0) is 70.8. The molecule has 1 aliphatic heterocycles. The number of aliphatic hydroxyl groups excluding tert-OH is 1. The van der Waals surface area contributed by atoms with Crippen LogP contribution in [0.15, 0.2) is 50.1 Å². The summed E-state index contributed by atoms with van der Waals surface area (Å²) in [6, 6.07) is -2.26. The minimum absolute atomic E-state index is 0.0805. The monoisotopic (exact) mass is 1390 g/mol. The number of allylic oxidation sites excluding steroid dienone is 2. The number of phosphoric ester groups is 1. The zero-order valence-corrected chi connectivity index (χ0v) is 62.6. The third-order valence-electron chi connectivity index (χ3n) is 18.3. The smallest absolute Gasteiger partial charge is 0.430 e. The molecule has 0 aromatic heterocycles. The number of methoxy groups -OCH3 is 2. The van der Waals surface area contributed by atoms with Crippen LogP contribution in [0.25, 0.3) is 0 Å². The summed E-state index contributed by atoms with van der Waals surface area (Å²) in [6.45, 7) is 19.4. The molecular weight excluding hydrogens is 1260 g/mol. The highest BCUT2D eigenvalue weighted by Crippen LogP contribution is 2.53. The Morgan fingerprint density at radius 3 is 1.57 bits per heavy atom. The predicted octanol–water partition coefficient (Wildman–Crippen LogP) is 17.9. The van der Waals surface area contributed by atoms with Gasteiger partial charge in [-0.25, -0.2) is 9.36 Å². The lowest BCUT2D eigenvalue weighted by atomic mass is 9.79. The van der Waals surface area contributed by atoms with E-state index < -0.39 is 80.8 Å². The first kappa shape index (κ1) is 89.8. The summed E-state index contributed by atoms with van der Waals surface area (Å²) in [7, 11) is -1.30. The number of hydrogen-bond acceptors (Lipinski definition) is 17. The summed E-state index contributed by atoms with van der Waals surface area (Å²) >= 11 is 0. The number of nitrogens with one attached hydrogen (secondary N) is 2. The van der Waals surface area contributed by atoms with Gasteiger partial charge in [-0.3, -0.25) is 28.0 Å². The highest BCUT2D eigenvalue weighted by atomic mass is 31.2. The van der Waals surface area contributed by atoms with Crippen molar-refractivity contribution < 1.29 is 80.3 Å². The van der Waals surface area contributed by atoms with Crippen molar-refractivity contribution in [3.63, 3.8) is 0 Å². The molecule has 0 radical (unpaired) electrons. The van der Waals surface area contributed by atoms with Gasteiger partial charge in [0, 0.05) is 46.2 Å². The molecule has 0 aromatic rings. The highest BCUT2D eigenvalue weighted by molar-refractivity contribution is 7.48. The number of amides is 2. The zero-order valence-electron chi connectivity index (χ0n) is 61.7. The maximum Gasteiger partial charge on any atom is 0.508 e. The molecule has 2 aliphatic rings. The Morgan fingerprint density at radius 2 is 1.02 bits per heavy atom. The van der Waals surface area contributed by atoms with E-state index in [0.717, 1.165) is 141 Å². The SMILES string of the molecule is C=CCOC(=O)O[C@@H]1C(COC2OC(COC)[C@@H](OP(=O)(OCC=C)OCC=C)C(OCCC(CCCCCCC)OC)[C@H]2NC(=O)CCCCCCCCC/C=C\CCCCCC)CC(O)[C@H](NC(=O)CC(=O)CCCCCCCCCCC)C1OCCCCCCCCCC. The molecule has 2 amide bonds. The second-order valence-corrected chi connectivity index (χ2v) is 28.4. The van der Waals surface area contributed by atoms with E-state index in [2.05, 4.69) is 70.2 Å². The molecule has 20 heteroatoms. The Kier molecular flexibility index (Phi) is 55.8. The number of phosphoric acid groups is 1. The summed E-state index contributed by atoms with van der Waals surface area (Å²) in [6.07, 6.45) is 38.3. The molecule has 0 bridgehead atoms. The van der Waals surface area contributed by atoms with Crippen LogP contribution in [0.5, 0.6) is 0 Å². The van der Waals surface area contributed by atoms with Gasteiger partial charge in [0.25, 0.3) is 0 Å². The standard InChI is InChI=1S/C77H139N2O17P/c1-10-17-21-25-28-31-32-33-34-35-36-38-40-44-48-52-68(82)78-71-75(89-58-53-65(87-9)51-47-42-24-20-13-4)73(96-97(85,92-55-15-6)93-56-16-7)67(62-86-8)94-76(71)91-61-63-59-66(81)70(79-69(83)60-64(80)50-46-43-39-37-29-26-22-18-11-2)74(72(63)95-77(84)90-54-14-5)88-57-49-45-41-30-27-23-19-12-3/h14-16,31-32,63,65-67,70-76,81H,5-7,10-13,17-30,33-62H2,1-4,8-9H3,(H,78,82)(H,79,83)/b32-31-/t63?,65?,66?,67?,70-,71+,72+,73+,74?,75?,76?/m0/s1. The van der Waals surface area contributed by atoms with Crippen LogP contribution in [0, 0.1) is 5.92 Å². The van der Waals surface area contributed by atoms with Crippen molar-refractivity contribution in [3.8, 4) is 0 Å². The summed E-state index contributed by atoms with van der Waals surface area (Å²) in [5, 5.41) is 18.4. The van der Waals surface area contributed by atoms with Crippen LogP contribution in [-0.4, -0.2) is 150 Å². The first-order valence-corrected chi connectivity index (χ1v) is 39.9. The maximum atomic E-state index is 14.7. The first-order valence-electron chi connectivity index (χ1n) is 38.5. The van der Waals surface area contributed by atoms with Gasteiger partial charge < -0.3 is 53.6 Å². The molecule has 2 rings (SSSR count). The van der Waals surface area contributed by atoms with Gasteiger partial charge in [0.1, 0.15) is 49.0 Å². The third-order valence-corrected chi connectivity index (χ3v) is 19.7. The van der Waals surface area contributed by atoms with E-state index in [4.69, 9.17) is 51.5 Å². The molecular formula is C77H139N2O17P. The first-order chi connectivity index (χ1) is 47.3. The summed E-state index contributed by atoms with van der Waals surface area (Å²) < 4.78 is 83.4. The van der Waals surface area contributed by atoms with Crippen molar-refractivity contribution in [1.29, 1.82) is 0 Å². The molecule has 0 aromatic carbocycles. The minimum atomic E-state index is -4.46. The van der Waals surface area contributed by atoms with Crippen LogP contribution in [0.1, 0.15) is 291 Å². The topological polar surface area (TPSA) is 231 Å². The van der Waals surface area contributed by atoms with E-state index in [1.54, 1.807) is 7.11 Å². The normalized spacial score (nSPS) is 21.5. The minimum Gasteiger partial charge on any atom is -0.430 e. The fourth-order valence-corrected chi connectivity index (χ4v) is 14.1. The summed E-state index contributed by atoms with van der Waals surface area (Å²) in [5.41, 5.74) is 0. The van der Waals surface area contributed by atoms with E-state index in [-0.39, 0.29) is 89.7 Å². The van der Waals surface area contributed by atoms with E-state index in [1.165, 1.54) is 96.0 Å². The number of hydrogen-bond donors (Lipinski definition) is 3. The largest absolute Gasteiger partial charge is 0.508 e. The number of aliphatic hydroxyl groups is 1. The van der Waals surface area contributed by atoms with Crippen LogP contribution in [0.2, 0.25) is 0 Å². The predicted molar refractivity (Wildman–Crippen MR) is 387 cm³/mol. The molecule has 2 fully saturated rings. The van der Waals surface area contributed by atoms with Gasteiger partial charge in [-0.05, 0) is 64.2 Å². The molecule has 19 nitrogen and oxygen atoms in total. The molecule has 1 heterocycles. The molecule has 1 saturated heterocycles. The number of unbranched alkanes of at least 4 members (excludes halogenated alkanes) is 30. The van der Waals surface area contributed by atoms with E-state index in [0.29, 0.717) is 25.7 Å². The number of rotatable bonds is 66. The van der Waals surface area contributed by atoms with Crippen LogP contribution in [-0.2, 0) is 70.4 Å². The van der Waals surface area contributed by atoms with Crippen LogP contribution < -0.4 is 10.6 Å². The second kappa shape index (κ2) is 60.3. The fraction of sp³-hybridized carbons (Fsp3) is 0.844. The van der Waals surface area contributed by atoms with Crippen molar-refractivity contribution in [3.05, 3.63) is 50.1 Å². The Hall–Kier alpha value is -3.33. The average Bonchev–Trinajstić information content (AvgIpc) is 0.788. The quantitative estimate of drug-likeness (QED) is 0.0169. The molecule has 11 atom stereocenters. The highest BCUT2D eigenvalue weighted by Gasteiger charge is 2.54. The third kappa shape index (κ3) is 42.6. The fourth-order valence-electron chi connectivity index (χ4n) is 12.7. The van der Waals surface area contributed by atoms with Crippen molar-refractivity contribution in [2.45, 2.75) is 352 Å². The van der Waals surface area contributed by atoms with Gasteiger partial charge in [0.05, 0.1) is 51.1 Å². The molecule has 1 saturated carbocycles. The van der Waals surface area contributed by atoms with Gasteiger partial charge in [0.2, 0.25) is 11.8 Å². The van der Waals surface area contributed by atoms with E-state index in [9.17, 15) is 28.8 Å². The number of Topliss-reactive ketones (excluding diaryl/α,β-unsaturated/α-hetero) is 1. The van der Waals surface area contributed by atoms with Crippen LogP contribution >= 0.6 is 7.82 Å². The Balaban J connectivity index is 2.65. The Labute approximate surface area is 588 Å². The van der Waals surface area contributed by atoms with Crippen molar-refractivity contribution in [2.24, 2.45) is 5.92 Å².